The maximum absolute atomic E-state index is 13.0. The summed E-state index contributed by atoms with van der Waals surface area (Å²) in [6.45, 7) is 4.71. The van der Waals surface area contributed by atoms with Crippen LogP contribution in [-0.2, 0) is 16.1 Å². The lowest BCUT2D eigenvalue weighted by atomic mass is 10.1. The summed E-state index contributed by atoms with van der Waals surface area (Å²) in [6.07, 6.45) is 1.90. The molecule has 0 aliphatic carbocycles. The third kappa shape index (κ3) is 7.57. The number of carbonyl (C=O) groups is 2. The van der Waals surface area contributed by atoms with Gasteiger partial charge in [-0.3, -0.25) is 9.59 Å². The number of amides is 2. The van der Waals surface area contributed by atoms with Crippen molar-refractivity contribution in [1.29, 1.82) is 0 Å². The van der Waals surface area contributed by atoms with Crippen LogP contribution in [0.25, 0.3) is 0 Å². The average Bonchev–Trinajstić information content (AvgIpc) is 2.73. The Morgan fingerprint density at radius 1 is 1.10 bits per heavy atom. The second-order valence-corrected chi connectivity index (χ2v) is 8.56. The van der Waals surface area contributed by atoms with Crippen LogP contribution in [0.4, 0.5) is 0 Å². The molecule has 0 aliphatic rings. The molecule has 0 unspecified atom stereocenters. The Labute approximate surface area is 187 Å². The van der Waals surface area contributed by atoms with Crippen molar-refractivity contribution in [1.82, 2.24) is 10.2 Å². The Bertz CT molecular complexity index is 818. The molecule has 0 bridgehead atoms. The summed E-state index contributed by atoms with van der Waals surface area (Å²) in [6, 6.07) is 14.4. The summed E-state index contributed by atoms with van der Waals surface area (Å²) >= 11 is 13.6. The fourth-order valence-corrected chi connectivity index (χ4v) is 3.82. The first-order valence-electron chi connectivity index (χ1n) is 9.61. The summed E-state index contributed by atoms with van der Waals surface area (Å²) in [5, 5.41) is 3.79. The molecule has 2 aromatic rings. The maximum atomic E-state index is 13.0. The van der Waals surface area contributed by atoms with Crippen molar-refractivity contribution >= 4 is 46.8 Å². The van der Waals surface area contributed by atoms with Gasteiger partial charge in [0, 0.05) is 18.0 Å². The van der Waals surface area contributed by atoms with Crippen LogP contribution in [0, 0.1) is 0 Å². The highest BCUT2D eigenvalue weighted by Gasteiger charge is 2.26. The van der Waals surface area contributed by atoms with Crippen molar-refractivity contribution in [3.8, 4) is 0 Å². The van der Waals surface area contributed by atoms with E-state index < -0.39 is 6.04 Å². The molecule has 2 aromatic carbocycles. The molecule has 0 heterocycles. The largest absolute Gasteiger partial charge is 0.354 e. The molecule has 7 heteroatoms. The Morgan fingerprint density at radius 3 is 2.48 bits per heavy atom. The van der Waals surface area contributed by atoms with E-state index in [-0.39, 0.29) is 24.1 Å². The third-order valence-corrected chi connectivity index (χ3v) is 6.18. The fraction of sp³-hybridized carbons (Fsp3) is 0.364. The predicted molar refractivity (Wildman–Crippen MR) is 122 cm³/mol. The Morgan fingerprint density at radius 2 is 1.83 bits per heavy atom. The van der Waals surface area contributed by atoms with Crippen LogP contribution in [-0.4, -0.2) is 35.1 Å². The first-order chi connectivity index (χ1) is 13.9. The van der Waals surface area contributed by atoms with Gasteiger partial charge in [-0.15, -0.1) is 11.8 Å². The Kier molecular flexibility index (Phi) is 9.85. The molecule has 0 spiro atoms. The second-order valence-electron chi connectivity index (χ2n) is 6.69. The summed E-state index contributed by atoms with van der Waals surface area (Å²) in [5.74, 6) is -0.0163. The first kappa shape index (κ1) is 23.6. The van der Waals surface area contributed by atoms with Gasteiger partial charge >= 0.3 is 0 Å². The van der Waals surface area contributed by atoms with Gasteiger partial charge in [0.05, 0.1) is 15.8 Å². The van der Waals surface area contributed by atoms with Crippen molar-refractivity contribution in [3.63, 3.8) is 0 Å². The molecule has 156 valence electrons. The highest BCUT2D eigenvalue weighted by Crippen LogP contribution is 2.24. The minimum absolute atomic E-state index is 0.108. The Hall–Kier alpha value is -1.69. The normalized spacial score (nSPS) is 11.7. The van der Waals surface area contributed by atoms with Gasteiger partial charge < -0.3 is 10.2 Å². The second kappa shape index (κ2) is 12.1. The Balaban J connectivity index is 2.13. The van der Waals surface area contributed by atoms with Crippen molar-refractivity contribution in [3.05, 3.63) is 64.1 Å². The maximum Gasteiger partial charge on any atom is 0.242 e. The van der Waals surface area contributed by atoms with Crippen molar-refractivity contribution in [2.24, 2.45) is 0 Å². The number of benzene rings is 2. The number of thioether (sulfide) groups is 1. The summed E-state index contributed by atoms with van der Waals surface area (Å²) in [7, 11) is 0. The van der Waals surface area contributed by atoms with E-state index in [1.807, 2.05) is 36.4 Å². The van der Waals surface area contributed by atoms with Gasteiger partial charge in [-0.25, -0.2) is 0 Å². The van der Waals surface area contributed by atoms with Gasteiger partial charge in [0.25, 0.3) is 0 Å². The number of nitrogens with one attached hydrogen (secondary N) is 1. The number of hydrogen-bond acceptors (Lipinski definition) is 3. The topological polar surface area (TPSA) is 49.4 Å². The smallest absolute Gasteiger partial charge is 0.242 e. The zero-order valence-corrected chi connectivity index (χ0v) is 19.0. The van der Waals surface area contributed by atoms with Gasteiger partial charge in [0.1, 0.15) is 6.04 Å². The zero-order chi connectivity index (χ0) is 21.2. The van der Waals surface area contributed by atoms with Crippen molar-refractivity contribution in [2.45, 2.75) is 44.2 Å². The van der Waals surface area contributed by atoms with Gasteiger partial charge in [0.15, 0.2) is 0 Å². The lowest BCUT2D eigenvalue weighted by Crippen LogP contribution is -2.48. The number of nitrogens with zero attached hydrogens (tertiary/aromatic N) is 1. The highest BCUT2D eigenvalue weighted by atomic mass is 35.5. The molecule has 1 N–H and O–H groups in total. The fourth-order valence-electron chi connectivity index (χ4n) is 2.70. The monoisotopic (exact) mass is 452 g/mol. The summed E-state index contributed by atoms with van der Waals surface area (Å²) in [4.78, 5) is 28.2. The SMILES string of the molecule is CCCCNC(=O)[C@@H](C)N(Cc1ccc(Cl)c(Cl)c1)C(=O)CSc1ccccc1. The molecule has 0 fully saturated rings. The minimum atomic E-state index is -0.592. The van der Waals surface area contributed by atoms with Crippen LogP contribution in [0.15, 0.2) is 53.4 Å². The van der Waals surface area contributed by atoms with E-state index in [2.05, 4.69) is 12.2 Å². The average molecular weight is 453 g/mol. The van der Waals surface area contributed by atoms with Crippen LogP contribution >= 0.6 is 35.0 Å². The summed E-state index contributed by atoms with van der Waals surface area (Å²) < 4.78 is 0. The van der Waals surface area contributed by atoms with E-state index in [1.165, 1.54) is 11.8 Å². The van der Waals surface area contributed by atoms with Crippen LogP contribution in [0.1, 0.15) is 32.3 Å². The molecule has 2 rings (SSSR count). The molecular formula is C22H26Cl2N2O2S. The first-order valence-corrected chi connectivity index (χ1v) is 11.4. The van der Waals surface area contributed by atoms with Crippen molar-refractivity contribution in [2.75, 3.05) is 12.3 Å². The summed E-state index contributed by atoms with van der Waals surface area (Å²) in [5.41, 5.74) is 0.825. The van der Waals surface area contributed by atoms with E-state index in [4.69, 9.17) is 23.2 Å². The van der Waals surface area contributed by atoms with Gasteiger partial charge in [-0.2, -0.15) is 0 Å². The zero-order valence-electron chi connectivity index (χ0n) is 16.7. The van der Waals surface area contributed by atoms with Crippen LogP contribution in [0.2, 0.25) is 10.0 Å². The number of unbranched alkanes of at least 4 members (excludes halogenated alkanes) is 1. The quantitative estimate of drug-likeness (QED) is 0.386. The standard InChI is InChI=1S/C22H26Cl2N2O2S/c1-3-4-12-25-22(28)16(2)26(14-17-10-11-19(23)20(24)13-17)21(27)15-29-18-8-6-5-7-9-18/h5-11,13,16H,3-4,12,14-15H2,1-2H3,(H,25,28)/t16-/m1/s1. The molecular weight excluding hydrogens is 427 g/mol. The minimum Gasteiger partial charge on any atom is -0.354 e. The molecule has 29 heavy (non-hydrogen) atoms. The number of hydrogen-bond donors (Lipinski definition) is 1. The molecule has 0 radical (unpaired) electrons. The van der Waals surface area contributed by atoms with E-state index >= 15 is 0 Å². The van der Waals surface area contributed by atoms with E-state index in [9.17, 15) is 9.59 Å². The molecule has 4 nitrogen and oxygen atoms in total. The third-order valence-electron chi connectivity index (χ3n) is 4.44. The molecule has 0 saturated carbocycles. The van der Waals surface area contributed by atoms with E-state index in [1.54, 1.807) is 24.0 Å². The molecule has 0 aromatic heterocycles. The molecule has 0 aliphatic heterocycles. The van der Waals surface area contributed by atoms with Gasteiger partial charge in [-0.1, -0.05) is 60.8 Å². The molecule has 2 amide bonds. The number of halogens is 2. The predicted octanol–water partition coefficient (Wildman–Crippen LogP) is 5.42. The van der Waals surface area contributed by atoms with Gasteiger partial charge in [0.2, 0.25) is 11.8 Å². The molecule has 0 saturated heterocycles. The number of carbonyl (C=O) groups excluding carboxylic acids is 2. The highest BCUT2D eigenvalue weighted by molar-refractivity contribution is 8.00. The van der Waals surface area contributed by atoms with Crippen LogP contribution < -0.4 is 5.32 Å². The van der Waals surface area contributed by atoms with Gasteiger partial charge in [-0.05, 0) is 43.2 Å². The van der Waals surface area contributed by atoms with Crippen LogP contribution in [0.3, 0.4) is 0 Å². The van der Waals surface area contributed by atoms with Crippen molar-refractivity contribution < 1.29 is 9.59 Å². The van der Waals surface area contributed by atoms with E-state index in [0.29, 0.717) is 16.6 Å². The van der Waals surface area contributed by atoms with E-state index in [0.717, 1.165) is 23.3 Å². The molecule has 1 atom stereocenters. The lowest BCUT2D eigenvalue weighted by Gasteiger charge is -2.29. The van der Waals surface area contributed by atoms with Crippen LogP contribution in [0.5, 0.6) is 0 Å². The number of rotatable bonds is 10. The lowest BCUT2D eigenvalue weighted by molar-refractivity contribution is -0.138.